The highest BCUT2D eigenvalue weighted by molar-refractivity contribution is 6.29. The van der Waals surface area contributed by atoms with Crippen LogP contribution in [0.15, 0.2) is 12.1 Å². The molecular formula is C15H21ClN2O3. The van der Waals surface area contributed by atoms with Gasteiger partial charge in [0.05, 0.1) is 7.11 Å². The van der Waals surface area contributed by atoms with Gasteiger partial charge in [-0.2, -0.15) is 0 Å². The lowest BCUT2D eigenvalue weighted by Crippen LogP contribution is -2.45. The third kappa shape index (κ3) is 5.01. The van der Waals surface area contributed by atoms with Crippen LogP contribution in [0.5, 0.6) is 0 Å². The van der Waals surface area contributed by atoms with Gasteiger partial charge >= 0.3 is 5.97 Å². The monoisotopic (exact) mass is 312 g/mol. The first kappa shape index (κ1) is 17.4. The number of methoxy groups -OCH3 is 1. The molecule has 0 aliphatic heterocycles. The Hall–Kier alpha value is -1.62. The van der Waals surface area contributed by atoms with Crippen molar-refractivity contribution in [3.63, 3.8) is 0 Å². The van der Waals surface area contributed by atoms with Crippen LogP contribution in [0, 0.1) is 5.92 Å². The Morgan fingerprint density at radius 3 is 2.57 bits per heavy atom. The van der Waals surface area contributed by atoms with Crippen LogP contribution in [0.3, 0.4) is 0 Å². The van der Waals surface area contributed by atoms with Crippen molar-refractivity contribution in [1.82, 2.24) is 10.3 Å². The Bertz CT molecular complexity index is 518. The van der Waals surface area contributed by atoms with Crippen LogP contribution >= 0.6 is 11.6 Å². The minimum Gasteiger partial charge on any atom is -0.467 e. The number of hydrogen-bond acceptors (Lipinski definition) is 4. The maximum absolute atomic E-state index is 12.3. The van der Waals surface area contributed by atoms with Crippen molar-refractivity contribution in [2.45, 2.75) is 39.7 Å². The predicted octanol–water partition coefficient (Wildman–Crippen LogP) is 2.61. The van der Waals surface area contributed by atoms with Gasteiger partial charge in [0.1, 0.15) is 11.2 Å². The largest absolute Gasteiger partial charge is 0.467 e. The van der Waals surface area contributed by atoms with Gasteiger partial charge in [-0.1, -0.05) is 38.8 Å². The standard InChI is InChI=1S/C15H21ClN2O3/c1-5-6-11-7-10(8-12(16)17-11)14(19)18-13(9(2)3)15(20)21-4/h7-9,13H,5-6H2,1-4H3,(H,18,19). The molecule has 0 fully saturated rings. The van der Waals surface area contributed by atoms with Crippen LogP contribution < -0.4 is 5.32 Å². The number of nitrogens with one attached hydrogen (secondary N) is 1. The molecule has 1 rings (SSSR count). The second kappa shape index (κ2) is 7.98. The quantitative estimate of drug-likeness (QED) is 0.647. The highest BCUT2D eigenvalue weighted by Crippen LogP contribution is 2.13. The predicted molar refractivity (Wildman–Crippen MR) is 81.4 cm³/mol. The number of carbonyl (C=O) groups excluding carboxylic acids is 2. The number of hydrogen-bond donors (Lipinski definition) is 1. The highest BCUT2D eigenvalue weighted by atomic mass is 35.5. The Labute approximate surface area is 130 Å². The van der Waals surface area contributed by atoms with Crippen molar-refractivity contribution in [3.8, 4) is 0 Å². The van der Waals surface area contributed by atoms with Crippen molar-refractivity contribution in [2.75, 3.05) is 7.11 Å². The van der Waals surface area contributed by atoms with Gasteiger partial charge in [0.2, 0.25) is 0 Å². The van der Waals surface area contributed by atoms with Crippen molar-refractivity contribution >= 4 is 23.5 Å². The van der Waals surface area contributed by atoms with E-state index in [4.69, 9.17) is 16.3 Å². The summed E-state index contributed by atoms with van der Waals surface area (Å²) in [7, 11) is 1.30. The van der Waals surface area contributed by atoms with Gasteiger partial charge in [0.25, 0.3) is 5.91 Å². The number of aromatic nitrogens is 1. The van der Waals surface area contributed by atoms with Gasteiger partial charge < -0.3 is 10.1 Å². The molecule has 5 nitrogen and oxygen atoms in total. The molecule has 0 saturated heterocycles. The number of pyridine rings is 1. The topological polar surface area (TPSA) is 68.3 Å². The van der Waals surface area contributed by atoms with Gasteiger partial charge in [-0.15, -0.1) is 0 Å². The zero-order valence-electron chi connectivity index (χ0n) is 12.8. The molecule has 1 N–H and O–H groups in total. The van der Waals surface area contributed by atoms with Gasteiger partial charge in [-0.3, -0.25) is 4.79 Å². The second-order valence-corrected chi connectivity index (χ2v) is 5.53. The minimum atomic E-state index is -0.691. The molecule has 1 aromatic heterocycles. The molecular weight excluding hydrogens is 292 g/mol. The number of rotatable bonds is 6. The molecule has 1 unspecified atom stereocenters. The molecule has 6 heteroatoms. The summed E-state index contributed by atoms with van der Waals surface area (Å²) in [5.74, 6) is -0.901. The fourth-order valence-corrected chi connectivity index (χ4v) is 2.14. The Kier molecular flexibility index (Phi) is 6.62. The number of nitrogens with zero attached hydrogens (tertiary/aromatic N) is 1. The normalized spacial score (nSPS) is 12.1. The zero-order chi connectivity index (χ0) is 16.0. The van der Waals surface area contributed by atoms with Gasteiger partial charge in [-0.25, -0.2) is 9.78 Å². The lowest BCUT2D eigenvalue weighted by molar-refractivity contribution is -0.144. The summed E-state index contributed by atoms with van der Waals surface area (Å²) in [5, 5.41) is 2.95. The average Bonchev–Trinajstić information content (AvgIpc) is 2.43. The molecule has 0 radical (unpaired) electrons. The Morgan fingerprint density at radius 2 is 2.05 bits per heavy atom. The third-order valence-corrected chi connectivity index (χ3v) is 3.22. The molecule has 0 bridgehead atoms. The molecule has 0 aliphatic rings. The van der Waals surface area contributed by atoms with E-state index in [1.807, 2.05) is 20.8 Å². The van der Waals surface area contributed by atoms with E-state index in [2.05, 4.69) is 10.3 Å². The molecule has 1 amide bonds. The maximum Gasteiger partial charge on any atom is 0.328 e. The molecule has 1 aromatic rings. The second-order valence-electron chi connectivity index (χ2n) is 5.14. The van der Waals surface area contributed by atoms with Crippen LogP contribution in [0.2, 0.25) is 5.15 Å². The van der Waals surface area contributed by atoms with Crippen LogP contribution in [0.4, 0.5) is 0 Å². The first-order valence-electron chi connectivity index (χ1n) is 6.94. The van der Waals surface area contributed by atoms with Crippen molar-refractivity contribution in [1.29, 1.82) is 0 Å². The minimum absolute atomic E-state index is 0.0752. The summed E-state index contributed by atoms with van der Waals surface area (Å²) >= 11 is 5.94. The first-order chi connectivity index (χ1) is 9.88. The molecule has 1 atom stereocenters. The molecule has 0 aliphatic carbocycles. The number of halogens is 1. The first-order valence-corrected chi connectivity index (χ1v) is 7.32. The van der Waals surface area contributed by atoms with E-state index >= 15 is 0 Å². The highest BCUT2D eigenvalue weighted by Gasteiger charge is 2.25. The SMILES string of the molecule is CCCc1cc(C(=O)NC(C(=O)OC)C(C)C)cc(Cl)n1. The molecule has 116 valence electrons. The summed E-state index contributed by atoms with van der Waals surface area (Å²) in [6, 6.07) is 2.49. The van der Waals surface area contributed by atoms with E-state index in [1.54, 1.807) is 6.07 Å². The number of amides is 1. The van der Waals surface area contributed by atoms with Crippen LogP contribution in [-0.2, 0) is 16.0 Å². The van der Waals surface area contributed by atoms with E-state index in [0.29, 0.717) is 5.56 Å². The van der Waals surface area contributed by atoms with Gasteiger partial charge in [-0.05, 0) is 24.5 Å². The Balaban J connectivity index is 2.94. The van der Waals surface area contributed by atoms with E-state index in [9.17, 15) is 9.59 Å². The number of aryl methyl sites for hydroxylation is 1. The Morgan fingerprint density at radius 1 is 1.38 bits per heavy atom. The lowest BCUT2D eigenvalue weighted by Gasteiger charge is -2.20. The van der Waals surface area contributed by atoms with E-state index < -0.39 is 12.0 Å². The molecule has 1 heterocycles. The van der Waals surface area contributed by atoms with Crippen molar-refractivity contribution < 1.29 is 14.3 Å². The molecule has 0 spiro atoms. The van der Waals surface area contributed by atoms with Crippen LogP contribution in [0.25, 0.3) is 0 Å². The van der Waals surface area contributed by atoms with Crippen molar-refractivity contribution in [3.05, 3.63) is 28.5 Å². The van der Waals surface area contributed by atoms with E-state index in [1.165, 1.54) is 13.2 Å². The van der Waals surface area contributed by atoms with Gasteiger partial charge in [0, 0.05) is 11.3 Å². The fraction of sp³-hybridized carbons (Fsp3) is 0.533. The molecule has 0 saturated carbocycles. The molecule has 0 aromatic carbocycles. The number of esters is 1. The summed E-state index contributed by atoms with van der Waals surface area (Å²) in [6.07, 6.45) is 1.65. The third-order valence-electron chi connectivity index (χ3n) is 3.02. The van der Waals surface area contributed by atoms with Crippen molar-refractivity contribution in [2.24, 2.45) is 5.92 Å². The number of carbonyl (C=O) groups is 2. The van der Waals surface area contributed by atoms with E-state index in [-0.39, 0.29) is 17.0 Å². The van der Waals surface area contributed by atoms with Crippen LogP contribution in [-0.4, -0.2) is 30.0 Å². The number of ether oxygens (including phenoxy) is 1. The van der Waals surface area contributed by atoms with E-state index in [0.717, 1.165) is 18.5 Å². The summed E-state index contributed by atoms with van der Waals surface area (Å²) < 4.78 is 4.70. The summed E-state index contributed by atoms with van der Waals surface area (Å²) in [6.45, 7) is 5.70. The summed E-state index contributed by atoms with van der Waals surface area (Å²) in [4.78, 5) is 28.1. The maximum atomic E-state index is 12.3. The fourth-order valence-electron chi connectivity index (χ4n) is 1.92. The van der Waals surface area contributed by atoms with Gasteiger partial charge in [0.15, 0.2) is 0 Å². The average molecular weight is 313 g/mol. The smallest absolute Gasteiger partial charge is 0.328 e. The van der Waals surface area contributed by atoms with Crippen LogP contribution in [0.1, 0.15) is 43.2 Å². The zero-order valence-corrected chi connectivity index (χ0v) is 13.5. The molecule has 21 heavy (non-hydrogen) atoms. The summed E-state index contributed by atoms with van der Waals surface area (Å²) in [5.41, 5.74) is 1.15. The lowest BCUT2D eigenvalue weighted by atomic mass is 10.0.